The lowest BCUT2D eigenvalue weighted by molar-refractivity contribution is -0.136. The minimum Gasteiger partial charge on any atom is -0.507 e. The van der Waals surface area contributed by atoms with Crippen LogP contribution in [0.15, 0.2) is 6.07 Å². The molecule has 1 atom stereocenters. The number of hydrogen-bond acceptors (Lipinski definition) is 2. The van der Waals surface area contributed by atoms with Crippen LogP contribution in [0.4, 0.5) is 0 Å². The average Bonchev–Trinajstić information content (AvgIpc) is 2.56. The van der Waals surface area contributed by atoms with Gasteiger partial charge in [-0.15, -0.1) is 0 Å². The molecule has 1 aromatic carbocycles. The van der Waals surface area contributed by atoms with Crippen LogP contribution in [-0.4, -0.2) is 16.2 Å². The third kappa shape index (κ3) is 7.35. The number of carbonyl (C=O) groups is 1. The number of carboxylic acids is 1. The Morgan fingerprint density at radius 2 is 1.62 bits per heavy atom. The molecule has 0 aliphatic carbocycles. The lowest BCUT2D eigenvalue weighted by Crippen LogP contribution is -2.22. The van der Waals surface area contributed by atoms with Crippen molar-refractivity contribution in [2.24, 2.45) is 5.92 Å². The maximum atomic E-state index is 11.3. The SMILES string of the molecule is CCCCC(CCC)Cc1c(CCC(=O)O)cc(C(C)(C)C)c(O)c1C(C)(C)C. The van der Waals surface area contributed by atoms with Gasteiger partial charge >= 0.3 is 5.97 Å². The lowest BCUT2D eigenvalue weighted by Gasteiger charge is -2.33. The molecule has 1 rings (SSSR count). The molecule has 0 saturated heterocycles. The first-order valence-corrected chi connectivity index (χ1v) is 11.4. The number of benzene rings is 1. The summed E-state index contributed by atoms with van der Waals surface area (Å²) < 4.78 is 0. The van der Waals surface area contributed by atoms with Gasteiger partial charge in [0.25, 0.3) is 0 Å². The molecule has 29 heavy (non-hydrogen) atoms. The van der Waals surface area contributed by atoms with Gasteiger partial charge in [-0.3, -0.25) is 4.79 Å². The molecule has 166 valence electrons. The summed E-state index contributed by atoms with van der Waals surface area (Å²) in [6.45, 7) is 17.2. The highest BCUT2D eigenvalue weighted by molar-refractivity contribution is 5.67. The lowest BCUT2D eigenvalue weighted by atomic mass is 9.73. The molecule has 0 aliphatic heterocycles. The van der Waals surface area contributed by atoms with Gasteiger partial charge in [0.1, 0.15) is 5.75 Å². The Labute approximate surface area is 178 Å². The van der Waals surface area contributed by atoms with Crippen LogP contribution in [0.3, 0.4) is 0 Å². The van der Waals surface area contributed by atoms with E-state index in [0.29, 0.717) is 18.1 Å². The first kappa shape index (κ1) is 25.5. The van der Waals surface area contributed by atoms with Crippen molar-refractivity contribution in [2.75, 3.05) is 0 Å². The minimum absolute atomic E-state index is 0.123. The van der Waals surface area contributed by atoms with Crippen LogP contribution in [0.1, 0.15) is 116 Å². The number of carboxylic acid groups (broad SMARTS) is 1. The van der Waals surface area contributed by atoms with E-state index in [1.807, 2.05) is 0 Å². The zero-order valence-corrected chi connectivity index (χ0v) is 20.1. The summed E-state index contributed by atoms with van der Waals surface area (Å²) in [5, 5.41) is 20.7. The predicted octanol–water partition coefficient (Wildman–Crippen LogP) is 7.15. The number of aliphatic carboxylic acids is 1. The van der Waals surface area contributed by atoms with E-state index in [9.17, 15) is 15.0 Å². The van der Waals surface area contributed by atoms with Gasteiger partial charge in [0.15, 0.2) is 0 Å². The van der Waals surface area contributed by atoms with Gasteiger partial charge in [-0.2, -0.15) is 0 Å². The van der Waals surface area contributed by atoms with Gasteiger partial charge in [0, 0.05) is 12.0 Å². The second kappa shape index (κ2) is 10.5. The summed E-state index contributed by atoms with van der Waals surface area (Å²) >= 11 is 0. The molecule has 0 aromatic heterocycles. The number of phenolic OH excluding ortho intramolecular Hbond substituents is 1. The van der Waals surface area contributed by atoms with E-state index in [-0.39, 0.29) is 17.3 Å². The summed E-state index contributed by atoms with van der Waals surface area (Å²) in [5.74, 6) is 0.212. The topological polar surface area (TPSA) is 57.5 Å². The van der Waals surface area contributed by atoms with Crippen molar-refractivity contribution in [1.82, 2.24) is 0 Å². The fourth-order valence-electron chi connectivity index (χ4n) is 4.38. The van der Waals surface area contributed by atoms with Crippen molar-refractivity contribution >= 4 is 5.97 Å². The Kier molecular flexibility index (Phi) is 9.24. The second-order valence-electron chi connectivity index (χ2n) is 10.7. The Balaban J connectivity index is 3.66. The zero-order valence-electron chi connectivity index (χ0n) is 20.1. The van der Waals surface area contributed by atoms with Gasteiger partial charge in [-0.1, -0.05) is 93.6 Å². The van der Waals surface area contributed by atoms with Crippen LogP contribution in [0.5, 0.6) is 5.75 Å². The van der Waals surface area contributed by atoms with E-state index in [0.717, 1.165) is 29.5 Å². The van der Waals surface area contributed by atoms with Crippen LogP contribution < -0.4 is 0 Å². The normalized spacial score (nSPS) is 13.5. The van der Waals surface area contributed by atoms with Gasteiger partial charge in [0.05, 0.1) is 0 Å². The predicted molar refractivity (Wildman–Crippen MR) is 123 cm³/mol. The number of aromatic hydroxyl groups is 1. The molecular weight excluding hydrogens is 360 g/mol. The summed E-state index contributed by atoms with van der Waals surface area (Å²) in [5.41, 5.74) is 3.83. The van der Waals surface area contributed by atoms with Crippen molar-refractivity contribution in [1.29, 1.82) is 0 Å². The Morgan fingerprint density at radius 1 is 1.00 bits per heavy atom. The maximum Gasteiger partial charge on any atom is 0.303 e. The molecule has 0 saturated carbocycles. The average molecular weight is 405 g/mol. The van der Waals surface area contributed by atoms with Crippen LogP contribution >= 0.6 is 0 Å². The van der Waals surface area contributed by atoms with Gasteiger partial charge in [-0.25, -0.2) is 0 Å². The second-order valence-corrected chi connectivity index (χ2v) is 10.7. The molecule has 1 aromatic rings. The van der Waals surface area contributed by atoms with Gasteiger partial charge in [-0.05, 0) is 46.3 Å². The first-order chi connectivity index (χ1) is 13.3. The van der Waals surface area contributed by atoms with E-state index in [1.54, 1.807) is 0 Å². The Bertz CT molecular complexity index is 675. The molecule has 0 amide bonds. The molecule has 2 N–H and O–H groups in total. The van der Waals surface area contributed by atoms with Crippen molar-refractivity contribution in [3.05, 3.63) is 28.3 Å². The van der Waals surface area contributed by atoms with Crippen LogP contribution in [0.25, 0.3) is 0 Å². The molecule has 0 spiro atoms. The van der Waals surface area contributed by atoms with Crippen molar-refractivity contribution in [3.63, 3.8) is 0 Å². The van der Waals surface area contributed by atoms with Crippen molar-refractivity contribution < 1.29 is 15.0 Å². The molecule has 0 fully saturated rings. The molecule has 0 bridgehead atoms. The smallest absolute Gasteiger partial charge is 0.303 e. The number of hydrogen-bond donors (Lipinski definition) is 2. The molecule has 0 aliphatic rings. The highest BCUT2D eigenvalue weighted by Crippen LogP contribution is 2.44. The summed E-state index contributed by atoms with van der Waals surface area (Å²) in [6.07, 6.45) is 7.47. The van der Waals surface area contributed by atoms with E-state index >= 15 is 0 Å². The van der Waals surface area contributed by atoms with E-state index in [2.05, 4.69) is 61.5 Å². The largest absolute Gasteiger partial charge is 0.507 e. The highest BCUT2D eigenvalue weighted by Gasteiger charge is 2.31. The quantitative estimate of drug-likeness (QED) is 0.435. The number of phenols is 1. The van der Waals surface area contributed by atoms with E-state index in [4.69, 9.17) is 0 Å². The third-order valence-corrected chi connectivity index (χ3v) is 5.82. The van der Waals surface area contributed by atoms with Crippen molar-refractivity contribution in [2.45, 2.75) is 118 Å². The van der Waals surface area contributed by atoms with Crippen LogP contribution in [0, 0.1) is 5.92 Å². The molecule has 0 radical (unpaired) electrons. The summed E-state index contributed by atoms with van der Waals surface area (Å²) in [7, 11) is 0. The fourth-order valence-corrected chi connectivity index (χ4v) is 4.38. The maximum absolute atomic E-state index is 11.3. The minimum atomic E-state index is -0.769. The van der Waals surface area contributed by atoms with Crippen LogP contribution in [0.2, 0.25) is 0 Å². The Hall–Kier alpha value is -1.51. The Morgan fingerprint density at radius 3 is 2.07 bits per heavy atom. The monoisotopic (exact) mass is 404 g/mol. The van der Waals surface area contributed by atoms with Crippen molar-refractivity contribution in [3.8, 4) is 5.75 Å². The molecular formula is C26H44O3. The molecule has 1 unspecified atom stereocenters. The zero-order chi connectivity index (χ0) is 22.4. The molecule has 3 nitrogen and oxygen atoms in total. The van der Waals surface area contributed by atoms with E-state index < -0.39 is 5.97 Å². The number of rotatable bonds is 10. The van der Waals surface area contributed by atoms with Gasteiger partial charge < -0.3 is 10.2 Å². The number of unbranched alkanes of at least 4 members (excludes halogenated alkanes) is 1. The third-order valence-electron chi connectivity index (χ3n) is 5.82. The highest BCUT2D eigenvalue weighted by atomic mass is 16.4. The number of aryl methyl sites for hydroxylation is 1. The summed E-state index contributed by atoms with van der Waals surface area (Å²) in [4.78, 5) is 11.3. The van der Waals surface area contributed by atoms with Crippen LogP contribution in [-0.2, 0) is 28.5 Å². The summed E-state index contributed by atoms with van der Waals surface area (Å²) in [6, 6.07) is 2.09. The first-order valence-electron chi connectivity index (χ1n) is 11.4. The van der Waals surface area contributed by atoms with E-state index in [1.165, 1.54) is 31.2 Å². The molecule has 0 heterocycles. The standard InChI is InChI=1S/C26H44O3/c1-9-11-13-18(12-10-2)16-20-19(14-15-22(27)28)17-21(25(3,4)5)24(29)23(20)26(6,7)8/h17-18,29H,9-16H2,1-8H3,(H,27,28). The fraction of sp³-hybridized carbons (Fsp3) is 0.731. The molecule has 3 heteroatoms. The van der Waals surface area contributed by atoms with Gasteiger partial charge in [0.2, 0.25) is 0 Å².